The van der Waals surface area contributed by atoms with Crippen molar-refractivity contribution in [3.8, 4) is 0 Å². The predicted octanol–water partition coefficient (Wildman–Crippen LogP) is 3.97. The van der Waals surface area contributed by atoms with E-state index in [1.54, 1.807) is 0 Å². The summed E-state index contributed by atoms with van der Waals surface area (Å²) in [5.74, 6) is 0. The van der Waals surface area contributed by atoms with Crippen molar-refractivity contribution in [1.29, 1.82) is 0 Å². The fourth-order valence-electron chi connectivity index (χ4n) is 3.90. The molecule has 0 fully saturated rings. The van der Waals surface area contributed by atoms with Gasteiger partial charge in [-0.15, -0.1) is 0 Å². The molecule has 0 saturated heterocycles. The van der Waals surface area contributed by atoms with Gasteiger partial charge in [-0.05, 0) is 55.7 Å². The summed E-state index contributed by atoms with van der Waals surface area (Å²) in [5, 5.41) is 2.60. The number of halogens is 1. The third-order valence-corrected chi connectivity index (χ3v) is 6.71. The first-order valence-corrected chi connectivity index (χ1v) is 11.6. The molecule has 160 valence electrons. The van der Waals surface area contributed by atoms with Crippen LogP contribution in [0.2, 0.25) is 0 Å². The molecule has 4 rings (SSSR count). The standard InChI is InChI=1S/C27H29N2S.HI/c1-4-21(16-18-27-29(6-3)25-13-9-10-14-26(25)30-27)15-17-22-19-20-28(5-2)24-12-8-7-11-23(22)24;/h7-20H,4-6H2,1-3H3;1H/q+1;/p-1. The average Bonchev–Trinajstić information content (AvgIpc) is 3.16. The highest BCUT2D eigenvalue weighted by atomic mass is 127. The molecule has 2 aromatic carbocycles. The molecular formula is C27H29IN2S. The maximum absolute atomic E-state index is 2.39. The zero-order valence-corrected chi connectivity index (χ0v) is 21.4. The molecule has 0 saturated carbocycles. The number of benzene rings is 2. The second kappa shape index (κ2) is 11.0. The fraction of sp³-hybridized carbons (Fsp3) is 0.222. The molecule has 0 spiro atoms. The topological polar surface area (TPSA) is 7.12 Å². The maximum Gasteiger partial charge on any atom is 0.213 e. The van der Waals surface area contributed by atoms with E-state index in [-0.39, 0.29) is 24.0 Å². The molecular weight excluding hydrogens is 511 g/mol. The van der Waals surface area contributed by atoms with Crippen molar-refractivity contribution < 1.29 is 28.5 Å². The molecule has 0 aliphatic carbocycles. The molecule has 0 atom stereocenters. The Morgan fingerprint density at radius 2 is 1.77 bits per heavy atom. The van der Waals surface area contributed by atoms with Crippen LogP contribution in [0.5, 0.6) is 0 Å². The zero-order valence-electron chi connectivity index (χ0n) is 18.4. The van der Waals surface area contributed by atoms with Crippen LogP contribution in [-0.2, 0) is 6.54 Å². The lowest BCUT2D eigenvalue weighted by molar-refractivity contribution is -0.667. The highest BCUT2D eigenvalue weighted by Crippen LogP contribution is 2.45. The van der Waals surface area contributed by atoms with Crippen molar-refractivity contribution in [2.24, 2.45) is 0 Å². The SMILES string of the molecule is CCC(=C/C=C1/Sc2ccccc2N1CC)/C=C/c1cc[n+](CC)c2ccccc12.[I-]. The summed E-state index contributed by atoms with van der Waals surface area (Å²) in [4.78, 5) is 3.73. The van der Waals surface area contributed by atoms with Crippen LogP contribution in [0.1, 0.15) is 32.8 Å². The summed E-state index contributed by atoms with van der Waals surface area (Å²) in [6.07, 6.45) is 12.2. The first-order valence-electron chi connectivity index (χ1n) is 10.8. The quantitative estimate of drug-likeness (QED) is 0.266. The van der Waals surface area contributed by atoms with E-state index in [1.807, 2.05) is 11.8 Å². The van der Waals surface area contributed by atoms with E-state index in [4.69, 9.17) is 0 Å². The van der Waals surface area contributed by atoms with Crippen LogP contribution in [-0.4, -0.2) is 6.54 Å². The molecule has 0 N–H and O–H groups in total. The zero-order chi connectivity index (χ0) is 20.9. The molecule has 2 heterocycles. The highest BCUT2D eigenvalue weighted by molar-refractivity contribution is 8.03. The van der Waals surface area contributed by atoms with Gasteiger partial charge in [0.1, 0.15) is 6.54 Å². The number of hydrogen-bond acceptors (Lipinski definition) is 2. The lowest BCUT2D eigenvalue weighted by atomic mass is 10.1. The lowest BCUT2D eigenvalue weighted by Crippen LogP contribution is -3.00. The monoisotopic (exact) mass is 540 g/mol. The summed E-state index contributed by atoms with van der Waals surface area (Å²) in [7, 11) is 0. The van der Waals surface area contributed by atoms with Crippen LogP contribution in [0.25, 0.3) is 17.0 Å². The third-order valence-electron chi connectivity index (χ3n) is 5.58. The second-order valence-corrected chi connectivity index (χ2v) is 8.38. The molecule has 0 bridgehead atoms. The highest BCUT2D eigenvalue weighted by Gasteiger charge is 2.22. The van der Waals surface area contributed by atoms with E-state index in [9.17, 15) is 0 Å². The smallest absolute Gasteiger partial charge is 0.213 e. The number of hydrogen-bond donors (Lipinski definition) is 0. The summed E-state index contributed by atoms with van der Waals surface area (Å²) in [6, 6.07) is 19.5. The van der Waals surface area contributed by atoms with E-state index in [1.165, 1.54) is 37.7 Å². The molecule has 1 aliphatic rings. The third kappa shape index (κ3) is 5.07. The number of allylic oxidation sites excluding steroid dienone is 4. The van der Waals surface area contributed by atoms with Gasteiger partial charge in [-0.1, -0.05) is 61.2 Å². The first kappa shape index (κ1) is 23.6. The van der Waals surface area contributed by atoms with Gasteiger partial charge in [0.15, 0.2) is 6.20 Å². The van der Waals surface area contributed by atoms with Crippen LogP contribution in [0.4, 0.5) is 5.69 Å². The largest absolute Gasteiger partial charge is 1.00 e. The van der Waals surface area contributed by atoms with E-state index in [0.29, 0.717) is 0 Å². The normalized spacial score (nSPS) is 15.0. The summed E-state index contributed by atoms with van der Waals surface area (Å²) >= 11 is 1.86. The first-order chi connectivity index (χ1) is 14.7. The van der Waals surface area contributed by atoms with Crippen LogP contribution in [0.3, 0.4) is 0 Å². The number of fused-ring (bicyclic) bond motifs is 2. The molecule has 4 heteroatoms. The minimum Gasteiger partial charge on any atom is -1.00 e. The molecule has 1 aliphatic heterocycles. The van der Waals surface area contributed by atoms with Gasteiger partial charge >= 0.3 is 0 Å². The van der Waals surface area contributed by atoms with Crippen molar-refractivity contribution in [3.63, 3.8) is 0 Å². The fourth-order valence-corrected chi connectivity index (χ4v) is 5.03. The van der Waals surface area contributed by atoms with Gasteiger partial charge in [-0.2, -0.15) is 4.57 Å². The Balaban J connectivity index is 0.00000272. The number of pyridine rings is 1. The van der Waals surface area contributed by atoms with Crippen molar-refractivity contribution in [3.05, 3.63) is 95.2 Å². The van der Waals surface area contributed by atoms with Gasteiger partial charge in [0.2, 0.25) is 5.52 Å². The molecule has 2 nitrogen and oxygen atoms in total. The van der Waals surface area contributed by atoms with Gasteiger partial charge in [0, 0.05) is 23.6 Å². The van der Waals surface area contributed by atoms with Gasteiger partial charge < -0.3 is 28.9 Å². The van der Waals surface area contributed by atoms with Crippen LogP contribution in [0.15, 0.2) is 94.5 Å². The molecule has 31 heavy (non-hydrogen) atoms. The Hall–Kier alpha value is -2.05. The maximum atomic E-state index is 2.39. The Kier molecular flexibility index (Phi) is 8.38. The molecule has 0 amide bonds. The second-order valence-electron chi connectivity index (χ2n) is 7.32. The average molecular weight is 541 g/mol. The number of rotatable bonds is 6. The minimum absolute atomic E-state index is 0. The lowest BCUT2D eigenvalue weighted by Gasteiger charge is -2.17. The molecule has 3 aromatic rings. The van der Waals surface area contributed by atoms with Gasteiger partial charge in [-0.25, -0.2) is 0 Å². The van der Waals surface area contributed by atoms with Crippen LogP contribution < -0.4 is 33.4 Å². The number of para-hydroxylation sites is 2. The summed E-state index contributed by atoms with van der Waals surface area (Å²) < 4.78 is 2.29. The van der Waals surface area contributed by atoms with E-state index >= 15 is 0 Å². The van der Waals surface area contributed by atoms with Crippen LogP contribution in [0, 0.1) is 0 Å². The van der Waals surface area contributed by atoms with Gasteiger partial charge in [-0.3, -0.25) is 0 Å². The van der Waals surface area contributed by atoms with Crippen LogP contribution >= 0.6 is 11.8 Å². The number of thioether (sulfide) groups is 1. The number of nitrogens with zero attached hydrogens (tertiary/aromatic N) is 2. The number of anilines is 1. The van der Waals surface area contributed by atoms with Crippen molar-refractivity contribution in [2.75, 3.05) is 11.4 Å². The summed E-state index contributed by atoms with van der Waals surface area (Å²) in [5.41, 5.74) is 5.19. The van der Waals surface area contributed by atoms with Crippen molar-refractivity contribution in [1.82, 2.24) is 0 Å². The number of aromatic nitrogens is 1. The number of aryl methyl sites for hydroxylation is 1. The van der Waals surface area contributed by atoms with E-state index < -0.39 is 0 Å². The Morgan fingerprint density at radius 3 is 2.55 bits per heavy atom. The van der Waals surface area contributed by atoms with E-state index in [2.05, 4.69) is 115 Å². The summed E-state index contributed by atoms with van der Waals surface area (Å²) in [6.45, 7) is 8.58. The molecule has 1 aromatic heterocycles. The minimum atomic E-state index is 0. The Morgan fingerprint density at radius 1 is 1.00 bits per heavy atom. The van der Waals surface area contributed by atoms with E-state index in [0.717, 1.165) is 19.5 Å². The van der Waals surface area contributed by atoms with Crippen molar-refractivity contribution >= 4 is 34.4 Å². The molecule has 0 radical (unpaired) electrons. The Labute approximate surface area is 207 Å². The predicted molar refractivity (Wildman–Crippen MR) is 131 cm³/mol. The molecule has 0 unspecified atom stereocenters. The van der Waals surface area contributed by atoms with Crippen molar-refractivity contribution in [2.45, 2.75) is 38.6 Å². The van der Waals surface area contributed by atoms with Gasteiger partial charge in [0.05, 0.1) is 16.1 Å². The Bertz CT molecular complexity index is 1150. The van der Waals surface area contributed by atoms with Gasteiger partial charge in [0.25, 0.3) is 0 Å².